The summed E-state index contributed by atoms with van der Waals surface area (Å²) in [5.41, 5.74) is 0. The maximum atomic E-state index is 2.47. The van der Waals surface area contributed by atoms with Crippen LogP contribution in [0.2, 0.25) is 27.8 Å². The van der Waals surface area contributed by atoms with Crippen molar-refractivity contribution in [3.8, 4) is 0 Å². The van der Waals surface area contributed by atoms with Gasteiger partial charge in [-0.1, -0.05) is 0 Å². The summed E-state index contributed by atoms with van der Waals surface area (Å²) < 4.78 is 6.43. The van der Waals surface area contributed by atoms with Crippen molar-refractivity contribution in [3.63, 3.8) is 0 Å². The van der Waals surface area contributed by atoms with Gasteiger partial charge in [0, 0.05) is 0 Å². The molecule has 0 aliphatic carbocycles. The summed E-state index contributed by atoms with van der Waals surface area (Å²) >= 11 is 1.20. The average molecular weight is 525 g/mol. The summed E-state index contributed by atoms with van der Waals surface area (Å²) in [5, 5.41) is 0. The van der Waals surface area contributed by atoms with Gasteiger partial charge in [0.05, 0.1) is 0 Å². The Morgan fingerprint density at radius 1 is 0.769 bits per heavy atom. The molecule has 80 valence electrons. The van der Waals surface area contributed by atoms with Crippen LogP contribution in [0.5, 0.6) is 0 Å². The standard InChI is InChI=1S/C10H22Te3/c1-9(5-11-3)7-13-8-10(2)6-12-4/h9-10H,5-8H2,1-4H3. The van der Waals surface area contributed by atoms with Crippen LogP contribution >= 0.6 is 0 Å². The van der Waals surface area contributed by atoms with Crippen LogP contribution in [0.15, 0.2) is 0 Å². The Hall–Kier alpha value is 2.37. The average Bonchev–Trinajstić information content (AvgIpc) is 2.05. The Morgan fingerprint density at radius 3 is 1.46 bits per heavy atom. The van der Waals surface area contributed by atoms with Crippen molar-refractivity contribution in [1.29, 1.82) is 0 Å². The molecular formula is C10H22Te3. The van der Waals surface area contributed by atoms with Crippen molar-refractivity contribution in [1.82, 2.24) is 0 Å². The Kier molecular flexibility index (Phi) is 12.9. The van der Waals surface area contributed by atoms with Crippen LogP contribution < -0.4 is 0 Å². The fourth-order valence-corrected chi connectivity index (χ4v) is 11.3. The third kappa shape index (κ3) is 10.6. The third-order valence-corrected chi connectivity index (χ3v) is 11.5. The first-order valence-electron chi connectivity index (χ1n) is 4.76. The fourth-order valence-electron chi connectivity index (χ4n) is 1.14. The summed E-state index contributed by atoms with van der Waals surface area (Å²) in [6.07, 6.45) is 0. The predicted molar refractivity (Wildman–Crippen MR) is 66.5 cm³/mol. The van der Waals surface area contributed by atoms with Crippen LogP contribution in [-0.4, -0.2) is 62.8 Å². The second-order valence-corrected chi connectivity index (χ2v) is 11.9. The summed E-state index contributed by atoms with van der Waals surface area (Å²) in [4.78, 5) is 4.88. The number of hydrogen-bond donors (Lipinski definition) is 0. The molecule has 0 nitrogen and oxygen atoms in total. The zero-order valence-corrected chi connectivity index (χ0v) is 16.2. The summed E-state index contributed by atoms with van der Waals surface area (Å²) in [6.45, 7) is 4.94. The molecule has 0 N–H and O–H groups in total. The Bertz CT molecular complexity index is 94.3. The molecule has 0 spiro atoms. The first kappa shape index (κ1) is 15.4. The first-order valence-corrected chi connectivity index (χ1v) is 16.0. The van der Waals surface area contributed by atoms with E-state index in [0.717, 1.165) is 11.8 Å². The molecule has 0 rings (SSSR count). The van der Waals surface area contributed by atoms with Crippen molar-refractivity contribution < 1.29 is 0 Å². The van der Waals surface area contributed by atoms with Crippen molar-refractivity contribution in [2.75, 3.05) is 0 Å². The molecule has 3 heteroatoms. The topological polar surface area (TPSA) is 0 Å². The van der Waals surface area contributed by atoms with Crippen LogP contribution in [0.25, 0.3) is 0 Å². The number of hydrogen-bond acceptors (Lipinski definition) is 0. The van der Waals surface area contributed by atoms with Gasteiger partial charge in [-0.3, -0.25) is 0 Å². The maximum absolute atomic E-state index is 2.47. The molecule has 0 amide bonds. The molecule has 0 aromatic carbocycles. The van der Waals surface area contributed by atoms with Crippen molar-refractivity contribution in [3.05, 3.63) is 0 Å². The van der Waals surface area contributed by atoms with E-state index in [1.807, 2.05) is 0 Å². The van der Waals surface area contributed by atoms with E-state index in [1.54, 1.807) is 17.9 Å². The van der Waals surface area contributed by atoms with Gasteiger partial charge in [0.2, 0.25) is 0 Å². The normalized spacial score (nSPS) is 15.7. The van der Waals surface area contributed by atoms with Gasteiger partial charge in [0.1, 0.15) is 0 Å². The summed E-state index contributed by atoms with van der Waals surface area (Å²) in [5.74, 6) is 2.17. The van der Waals surface area contributed by atoms with Crippen molar-refractivity contribution >= 4 is 62.8 Å². The second-order valence-electron chi connectivity index (χ2n) is 3.66. The SMILES string of the molecule is C[Te]CC(C)C[Te]CC(C)C[Te]C. The van der Waals surface area contributed by atoms with Gasteiger partial charge in [0.25, 0.3) is 0 Å². The Labute approximate surface area is 115 Å². The zero-order valence-electron chi connectivity index (χ0n) is 9.21. The van der Waals surface area contributed by atoms with E-state index in [4.69, 9.17) is 0 Å². The van der Waals surface area contributed by atoms with Crippen molar-refractivity contribution in [2.45, 2.75) is 41.7 Å². The van der Waals surface area contributed by atoms with E-state index >= 15 is 0 Å². The van der Waals surface area contributed by atoms with E-state index in [0.29, 0.717) is 62.8 Å². The molecule has 0 radical (unpaired) electrons. The Balaban J connectivity index is 3.23. The van der Waals surface area contributed by atoms with Gasteiger partial charge in [-0.05, 0) is 0 Å². The predicted octanol–water partition coefficient (Wildman–Crippen LogP) is 3.14. The van der Waals surface area contributed by atoms with Gasteiger partial charge in [-0.25, -0.2) is 0 Å². The third-order valence-electron chi connectivity index (χ3n) is 1.71. The van der Waals surface area contributed by atoms with Crippen LogP contribution in [-0.2, 0) is 0 Å². The molecule has 0 bridgehead atoms. The van der Waals surface area contributed by atoms with Gasteiger partial charge >= 0.3 is 116 Å². The molecule has 0 heterocycles. The quantitative estimate of drug-likeness (QED) is 0.428. The molecule has 0 aliphatic heterocycles. The van der Waals surface area contributed by atoms with Crippen LogP contribution in [0.1, 0.15) is 13.8 Å². The van der Waals surface area contributed by atoms with Crippen molar-refractivity contribution in [2.24, 2.45) is 11.8 Å². The van der Waals surface area contributed by atoms with E-state index in [1.165, 1.54) is 0 Å². The molecule has 0 aromatic rings. The molecule has 0 saturated heterocycles. The van der Waals surface area contributed by atoms with Crippen LogP contribution in [0.3, 0.4) is 0 Å². The molecule has 2 atom stereocenters. The van der Waals surface area contributed by atoms with Gasteiger partial charge < -0.3 is 0 Å². The van der Waals surface area contributed by atoms with E-state index in [9.17, 15) is 0 Å². The molecule has 0 fully saturated rings. The van der Waals surface area contributed by atoms with Crippen LogP contribution in [0.4, 0.5) is 0 Å². The molecule has 13 heavy (non-hydrogen) atoms. The van der Waals surface area contributed by atoms with E-state index in [-0.39, 0.29) is 0 Å². The summed E-state index contributed by atoms with van der Waals surface area (Å²) in [6, 6.07) is 0. The zero-order chi connectivity index (χ0) is 10.1. The molecule has 0 aliphatic rings. The first-order chi connectivity index (χ1) is 6.20. The minimum atomic E-state index is 0.392. The second kappa shape index (κ2) is 10.9. The van der Waals surface area contributed by atoms with Gasteiger partial charge in [-0.2, -0.15) is 0 Å². The number of rotatable bonds is 8. The van der Waals surface area contributed by atoms with Gasteiger partial charge in [-0.15, -0.1) is 0 Å². The molecule has 2 unspecified atom stereocenters. The monoisotopic (exact) mass is 532 g/mol. The Morgan fingerprint density at radius 2 is 1.15 bits per heavy atom. The molecule has 0 saturated carbocycles. The van der Waals surface area contributed by atoms with Gasteiger partial charge in [0.15, 0.2) is 0 Å². The van der Waals surface area contributed by atoms with E-state index in [2.05, 4.69) is 23.8 Å². The molecule has 0 aromatic heterocycles. The van der Waals surface area contributed by atoms with E-state index < -0.39 is 0 Å². The molecular weight excluding hydrogens is 503 g/mol. The summed E-state index contributed by atoms with van der Waals surface area (Å²) in [7, 11) is 0. The van der Waals surface area contributed by atoms with Crippen LogP contribution in [0, 0.1) is 11.8 Å². The minimum absolute atomic E-state index is 0.392. The fraction of sp³-hybridized carbons (Fsp3) is 1.00.